The van der Waals surface area contributed by atoms with Gasteiger partial charge in [0.15, 0.2) is 0 Å². The van der Waals surface area contributed by atoms with Crippen LogP contribution in [0.15, 0.2) is 30.5 Å². The van der Waals surface area contributed by atoms with Crippen LogP contribution in [0.25, 0.3) is 10.9 Å². The summed E-state index contributed by atoms with van der Waals surface area (Å²) in [6.07, 6.45) is 8.33. The molecular weight excluding hydrogens is 222 g/mol. The molecule has 3 nitrogen and oxygen atoms in total. The molecule has 1 aliphatic rings. The Kier molecular flexibility index (Phi) is 3.05. The van der Waals surface area contributed by atoms with Gasteiger partial charge in [0.2, 0.25) is 0 Å². The van der Waals surface area contributed by atoms with Gasteiger partial charge in [-0.15, -0.1) is 0 Å². The summed E-state index contributed by atoms with van der Waals surface area (Å²) in [5.41, 5.74) is 9.08. The van der Waals surface area contributed by atoms with E-state index < -0.39 is 0 Å². The fourth-order valence-electron chi connectivity index (χ4n) is 2.77. The minimum Gasteiger partial charge on any atom is -0.397 e. The monoisotopic (exact) mass is 241 g/mol. The highest BCUT2D eigenvalue weighted by atomic mass is 14.9. The average molecular weight is 241 g/mol. The van der Waals surface area contributed by atoms with Gasteiger partial charge in [-0.05, 0) is 37.1 Å². The molecular formula is C15H19N3. The lowest BCUT2D eigenvalue weighted by molar-refractivity contribution is 0.463. The Labute approximate surface area is 107 Å². The molecule has 3 rings (SSSR count). The molecule has 1 heterocycles. The van der Waals surface area contributed by atoms with Crippen molar-refractivity contribution in [2.45, 2.75) is 38.1 Å². The highest BCUT2D eigenvalue weighted by Gasteiger charge is 2.14. The number of rotatable bonds is 2. The van der Waals surface area contributed by atoms with Gasteiger partial charge in [0.1, 0.15) is 0 Å². The topological polar surface area (TPSA) is 50.9 Å². The Morgan fingerprint density at radius 1 is 1.11 bits per heavy atom. The molecule has 0 saturated heterocycles. The van der Waals surface area contributed by atoms with Gasteiger partial charge in [0.25, 0.3) is 0 Å². The summed E-state index contributed by atoms with van der Waals surface area (Å²) in [7, 11) is 0. The number of pyridine rings is 1. The number of fused-ring (bicyclic) bond motifs is 1. The zero-order valence-electron chi connectivity index (χ0n) is 10.5. The molecule has 0 amide bonds. The van der Waals surface area contributed by atoms with Crippen molar-refractivity contribution in [2.24, 2.45) is 0 Å². The summed E-state index contributed by atoms with van der Waals surface area (Å²) < 4.78 is 0. The Hall–Kier alpha value is -1.77. The van der Waals surface area contributed by atoms with Crippen molar-refractivity contribution >= 4 is 22.3 Å². The SMILES string of the molecule is Nc1c(NC2CCCCC2)ccc2ncccc12. The molecule has 1 aromatic heterocycles. The fourth-order valence-corrected chi connectivity index (χ4v) is 2.77. The van der Waals surface area contributed by atoms with Crippen molar-refractivity contribution < 1.29 is 0 Å². The molecule has 18 heavy (non-hydrogen) atoms. The molecule has 94 valence electrons. The predicted octanol–water partition coefficient (Wildman–Crippen LogP) is 3.56. The first-order valence-electron chi connectivity index (χ1n) is 6.74. The first-order chi connectivity index (χ1) is 8.84. The number of aromatic nitrogens is 1. The van der Waals surface area contributed by atoms with E-state index in [-0.39, 0.29) is 0 Å². The van der Waals surface area contributed by atoms with E-state index in [4.69, 9.17) is 5.73 Å². The van der Waals surface area contributed by atoms with E-state index >= 15 is 0 Å². The molecule has 2 aromatic rings. The van der Waals surface area contributed by atoms with Gasteiger partial charge in [-0.2, -0.15) is 0 Å². The number of benzene rings is 1. The number of anilines is 2. The van der Waals surface area contributed by atoms with Gasteiger partial charge < -0.3 is 11.1 Å². The van der Waals surface area contributed by atoms with Crippen molar-refractivity contribution in [1.29, 1.82) is 0 Å². The molecule has 3 N–H and O–H groups in total. The van der Waals surface area contributed by atoms with Crippen LogP contribution in [0.5, 0.6) is 0 Å². The van der Waals surface area contributed by atoms with Crippen LogP contribution in [0.1, 0.15) is 32.1 Å². The molecule has 0 radical (unpaired) electrons. The number of nitrogens with one attached hydrogen (secondary N) is 1. The maximum atomic E-state index is 6.23. The lowest BCUT2D eigenvalue weighted by Gasteiger charge is -2.24. The Morgan fingerprint density at radius 2 is 1.94 bits per heavy atom. The van der Waals surface area contributed by atoms with Gasteiger partial charge in [-0.3, -0.25) is 4.98 Å². The van der Waals surface area contributed by atoms with Gasteiger partial charge in [-0.1, -0.05) is 19.3 Å². The minimum absolute atomic E-state index is 0.579. The first kappa shape index (κ1) is 11.3. The third kappa shape index (κ3) is 2.13. The number of hydrogen-bond acceptors (Lipinski definition) is 3. The zero-order valence-corrected chi connectivity index (χ0v) is 10.5. The molecule has 3 heteroatoms. The second-order valence-electron chi connectivity index (χ2n) is 5.08. The highest BCUT2D eigenvalue weighted by Crippen LogP contribution is 2.30. The van der Waals surface area contributed by atoms with Crippen LogP contribution in [0.2, 0.25) is 0 Å². The van der Waals surface area contributed by atoms with Crippen molar-refractivity contribution in [3.05, 3.63) is 30.5 Å². The van der Waals surface area contributed by atoms with Crippen LogP contribution in [0, 0.1) is 0 Å². The van der Waals surface area contributed by atoms with E-state index in [1.807, 2.05) is 18.2 Å². The number of nitrogen functional groups attached to an aromatic ring is 1. The smallest absolute Gasteiger partial charge is 0.0724 e. The predicted molar refractivity (Wildman–Crippen MR) is 76.7 cm³/mol. The fraction of sp³-hybridized carbons (Fsp3) is 0.400. The molecule has 0 bridgehead atoms. The van der Waals surface area contributed by atoms with Crippen molar-refractivity contribution in [1.82, 2.24) is 4.98 Å². The quantitative estimate of drug-likeness (QED) is 0.790. The normalized spacial score (nSPS) is 16.9. The summed E-state index contributed by atoms with van der Waals surface area (Å²) >= 11 is 0. The highest BCUT2D eigenvalue weighted by molar-refractivity contribution is 5.96. The third-order valence-corrected chi connectivity index (χ3v) is 3.79. The van der Waals surface area contributed by atoms with E-state index in [1.54, 1.807) is 6.20 Å². The second-order valence-corrected chi connectivity index (χ2v) is 5.08. The minimum atomic E-state index is 0.579. The summed E-state index contributed by atoms with van der Waals surface area (Å²) in [6, 6.07) is 8.64. The molecule has 0 unspecified atom stereocenters. The van der Waals surface area contributed by atoms with Crippen LogP contribution in [-0.4, -0.2) is 11.0 Å². The van der Waals surface area contributed by atoms with Crippen LogP contribution in [-0.2, 0) is 0 Å². The van der Waals surface area contributed by atoms with Gasteiger partial charge >= 0.3 is 0 Å². The average Bonchev–Trinajstić information content (AvgIpc) is 2.43. The molecule has 1 aliphatic carbocycles. The molecule has 0 aliphatic heterocycles. The van der Waals surface area contributed by atoms with Gasteiger partial charge in [0, 0.05) is 17.6 Å². The van der Waals surface area contributed by atoms with E-state index in [0.717, 1.165) is 22.3 Å². The van der Waals surface area contributed by atoms with Gasteiger partial charge in [-0.25, -0.2) is 0 Å². The van der Waals surface area contributed by atoms with Crippen molar-refractivity contribution in [3.63, 3.8) is 0 Å². The Bertz CT molecular complexity index is 544. The van der Waals surface area contributed by atoms with Crippen LogP contribution in [0.4, 0.5) is 11.4 Å². The maximum Gasteiger partial charge on any atom is 0.0724 e. The summed E-state index contributed by atoms with van der Waals surface area (Å²) in [5.74, 6) is 0. The van der Waals surface area contributed by atoms with Gasteiger partial charge in [0.05, 0.1) is 16.9 Å². The second kappa shape index (κ2) is 4.84. The maximum absolute atomic E-state index is 6.23. The van der Waals surface area contributed by atoms with Crippen molar-refractivity contribution in [2.75, 3.05) is 11.1 Å². The summed E-state index contributed by atoms with van der Waals surface area (Å²) in [4.78, 5) is 4.32. The van der Waals surface area contributed by atoms with Crippen molar-refractivity contribution in [3.8, 4) is 0 Å². The number of nitrogens with zero attached hydrogens (tertiary/aromatic N) is 1. The molecule has 0 atom stereocenters. The van der Waals surface area contributed by atoms with E-state index in [2.05, 4.69) is 16.4 Å². The largest absolute Gasteiger partial charge is 0.397 e. The van der Waals surface area contributed by atoms with Crippen LogP contribution >= 0.6 is 0 Å². The zero-order chi connectivity index (χ0) is 12.4. The van der Waals surface area contributed by atoms with Crippen LogP contribution < -0.4 is 11.1 Å². The lowest BCUT2D eigenvalue weighted by atomic mass is 9.95. The summed E-state index contributed by atoms with van der Waals surface area (Å²) in [5, 5.41) is 4.63. The molecule has 1 aromatic carbocycles. The molecule has 1 saturated carbocycles. The number of hydrogen-bond donors (Lipinski definition) is 2. The molecule has 0 spiro atoms. The number of nitrogens with two attached hydrogens (primary N) is 1. The van der Waals surface area contributed by atoms with E-state index in [1.165, 1.54) is 32.1 Å². The Balaban J connectivity index is 1.89. The van der Waals surface area contributed by atoms with Crippen LogP contribution in [0.3, 0.4) is 0 Å². The molecule has 1 fully saturated rings. The Morgan fingerprint density at radius 3 is 2.78 bits per heavy atom. The first-order valence-corrected chi connectivity index (χ1v) is 6.74. The van der Waals surface area contributed by atoms with E-state index in [9.17, 15) is 0 Å². The third-order valence-electron chi connectivity index (χ3n) is 3.79. The standard InChI is InChI=1S/C15H19N3/c16-15-12-7-4-10-17-13(12)8-9-14(15)18-11-5-2-1-3-6-11/h4,7-11,18H,1-3,5-6,16H2. The summed E-state index contributed by atoms with van der Waals surface area (Å²) in [6.45, 7) is 0. The van der Waals surface area contributed by atoms with E-state index in [0.29, 0.717) is 6.04 Å². The lowest BCUT2D eigenvalue weighted by Crippen LogP contribution is -2.22.